The molecule has 0 aromatic heterocycles. The van der Waals surface area contributed by atoms with E-state index >= 15 is 0 Å². The van der Waals surface area contributed by atoms with Crippen molar-refractivity contribution >= 4 is 11.8 Å². The molecule has 26 heavy (non-hydrogen) atoms. The first-order valence-corrected chi connectivity index (χ1v) is 9.40. The SMILES string of the molecule is CC(=O)N[C@@H]1C[C@@H]2CN(C(=O)C3(c4ccccc4F)CC3)C[C@@H]2C[C@H]1O. The summed E-state index contributed by atoms with van der Waals surface area (Å²) in [6.07, 6.45) is 2.08. The number of carbonyl (C=O) groups excluding carboxylic acids is 2. The second kappa shape index (κ2) is 6.34. The predicted molar refractivity (Wildman–Crippen MR) is 93.7 cm³/mol. The Kier molecular flexibility index (Phi) is 4.26. The van der Waals surface area contributed by atoms with E-state index in [0.29, 0.717) is 44.3 Å². The minimum Gasteiger partial charge on any atom is -0.391 e. The predicted octanol–water partition coefficient (Wildman–Crippen LogP) is 1.59. The Labute approximate surface area is 152 Å². The van der Waals surface area contributed by atoms with Crippen LogP contribution in [-0.2, 0) is 15.0 Å². The van der Waals surface area contributed by atoms with Crippen LogP contribution in [0.2, 0.25) is 0 Å². The summed E-state index contributed by atoms with van der Waals surface area (Å²) in [5, 5.41) is 13.1. The van der Waals surface area contributed by atoms with Crippen LogP contribution in [0.1, 0.15) is 38.2 Å². The molecule has 0 bridgehead atoms. The van der Waals surface area contributed by atoms with Crippen LogP contribution < -0.4 is 5.32 Å². The van der Waals surface area contributed by atoms with Crippen molar-refractivity contribution in [1.29, 1.82) is 0 Å². The van der Waals surface area contributed by atoms with Gasteiger partial charge in [0, 0.05) is 25.6 Å². The smallest absolute Gasteiger partial charge is 0.233 e. The molecule has 1 saturated heterocycles. The molecule has 3 fully saturated rings. The van der Waals surface area contributed by atoms with E-state index < -0.39 is 11.5 Å². The van der Waals surface area contributed by atoms with Crippen LogP contribution in [0.5, 0.6) is 0 Å². The molecule has 1 heterocycles. The Morgan fingerprint density at radius 3 is 2.46 bits per heavy atom. The zero-order chi connectivity index (χ0) is 18.5. The summed E-state index contributed by atoms with van der Waals surface area (Å²) in [6, 6.07) is 6.32. The molecular weight excluding hydrogens is 335 g/mol. The van der Waals surface area contributed by atoms with Crippen molar-refractivity contribution < 1.29 is 19.1 Å². The third-order valence-corrected chi connectivity index (χ3v) is 6.37. The van der Waals surface area contributed by atoms with E-state index in [-0.39, 0.29) is 35.5 Å². The van der Waals surface area contributed by atoms with E-state index in [2.05, 4.69) is 5.32 Å². The normalized spacial score (nSPS) is 32.0. The van der Waals surface area contributed by atoms with E-state index in [4.69, 9.17) is 0 Å². The molecule has 4 rings (SSSR count). The van der Waals surface area contributed by atoms with Crippen LogP contribution in [0.4, 0.5) is 4.39 Å². The first-order valence-electron chi connectivity index (χ1n) is 9.40. The molecule has 2 aliphatic carbocycles. The average molecular weight is 360 g/mol. The second-order valence-corrected chi connectivity index (χ2v) is 8.14. The fourth-order valence-electron chi connectivity index (χ4n) is 4.89. The molecule has 1 aromatic rings. The first kappa shape index (κ1) is 17.5. The van der Waals surface area contributed by atoms with Crippen molar-refractivity contribution in [2.24, 2.45) is 11.8 Å². The van der Waals surface area contributed by atoms with Gasteiger partial charge >= 0.3 is 0 Å². The number of rotatable bonds is 3. The summed E-state index contributed by atoms with van der Waals surface area (Å²) in [4.78, 5) is 26.4. The highest BCUT2D eigenvalue weighted by atomic mass is 19.1. The van der Waals surface area contributed by atoms with Gasteiger partial charge in [-0.05, 0) is 43.6 Å². The van der Waals surface area contributed by atoms with Gasteiger partial charge in [0.1, 0.15) is 5.82 Å². The Balaban J connectivity index is 1.48. The fourth-order valence-corrected chi connectivity index (χ4v) is 4.89. The largest absolute Gasteiger partial charge is 0.391 e. The quantitative estimate of drug-likeness (QED) is 0.860. The number of nitrogens with one attached hydrogen (secondary N) is 1. The summed E-state index contributed by atoms with van der Waals surface area (Å²) in [6.45, 7) is 2.70. The van der Waals surface area contributed by atoms with Crippen molar-refractivity contribution in [2.45, 2.75) is 50.2 Å². The maximum absolute atomic E-state index is 14.2. The van der Waals surface area contributed by atoms with Gasteiger partial charge in [-0.1, -0.05) is 18.2 Å². The topological polar surface area (TPSA) is 69.6 Å². The number of fused-ring (bicyclic) bond motifs is 1. The van der Waals surface area contributed by atoms with Crippen LogP contribution in [-0.4, -0.2) is 47.1 Å². The second-order valence-electron chi connectivity index (χ2n) is 8.14. The molecule has 1 aliphatic heterocycles. The average Bonchev–Trinajstić information content (AvgIpc) is 3.29. The summed E-state index contributed by atoms with van der Waals surface area (Å²) < 4.78 is 14.2. The summed E-state index contributed by atoms with van der Waals surface area (Å²) in [7, 11) is 0. The van der Waals surface area contributed by atoms with Crippen LogP contribution in [0, 0.1) is 17.7 Å². The van der Waals surface area contributed by atoms with E-state index in [0.717, 1.165) is 0 Å². The molecule has 1 aromatic carbocycles. The first-order chi connectivity index (χ1) is 12.4. The molecule has 3 aliphatic rings. The lowest BCUT2D eigenvalue weighted by atomic mass is 9.77. The van der Waals surface area contributed by atoms with Gasteiger partial charge in [-0.2, -0.15) is 0 Å². The van der Waals surface area contributed by atoms with Gasteiger partial charge in [-0.25, -0.2) is 4.39 Å². The Morgan fingerprint density at radius 2 is 1.85 bits per heavy atom. The van der Waals surface area contributed by atoms with Gasteiger partial charge in [0.15, 0.2) is 0 Å². The van der Waals surface area contributed by atoms with Crippen molar-refractivity contribution in [3.8, 4) is 0 Å². The van der Waals surface area contributed by atoms with Crippen molar-refractivity contribution in [3.63, 3.8) is 0 Å². The zero-order valence-corrected chi connectivity index (χ0v) is 15.0. The summed E-state index contributed by atoms with van der Waals surface area (Å²) in [5.41, 5.74) is -0.190. The van der Waals surface area contributed by atoms with Crippen LogP contribution in [0.15, 0.2) is 24.3 Å². The van der Waals surface area contributed by atoms with Gasteiger partial charge < -0.3 is 15.3 Å². The molecule has 6 heteroatoms. The van der Waals surface area contributed by atoms with Crippen molar-refractivity contribution in [3.05, 3.63) is 35.6 Å². The van der Waals surface area contributed by atoms with E-state index in [1.807, 2.05) is 4.90 Å². The molecule has 2 N–H and O–H groups in total. The maximum Gasteiger partial charge on any atom is 0.233 e. The number of carbonyl (C=O) groups is 2. The number of aliphatic hydroxyl groups excluding tert-OH is 1. The monoisotopic (exact) mass is 360 g/mol. The number of amides is 2. The highest BCUT2D eigenvalue weighted by Gasteiger charge is 2.56. The summed E-state index contributed by atoms with van der Waals surface area (Å²) >= 11 is 0. The zero-order valence-electron chi connectivity index (χ0n) is 15.0. The van der Waals surface area contributed by atoms with E-state index in [1.54, 1.807) is 18.2 Å². The molecule has 4 atom stereocenters. The lowest BCUT2D eigenvalue weighted by Gasteiger charge is -2.35. The number of hydrogen-bond acceptors (Lipinski definition) is 3. The molecular formula is C20H25FN2O3. The standard InChI is InChI=1S/C20H25FN2O3/c1-12(24)22-17-8-13-10-23(11-14(13)9-18(17)25)19(26)20(6-7-20)15-4-2-3-5-16(15)21/h2-5,13-14,17-18,25H,6-11H2,1H3,(H,22,24)/t13-,14+,17-,18-/m1/s1. The Hall–Kier alpha value is -1.95. The lowest BCUT2D eigenvalue weighted by molar-refractivity contribution is -0.133. The van der Waals surface area contributed by atoms with Gasteiger partial charge in [-0.15, -0.1) is 0 Å². The third kappa shape index (κ3) is 2.90. The molecule has 0 spiro atoms. The molecule has 0 radical (unpaired) electrons. The van der Waals surface area contributed by atoms with Gasteiger partial charge in [0.2, 0.25) is 11.8 Å². The van der Waals surface area contributed by atoms with Crippen LogP contribution >= 0.6 is 0 Å². The number of likely N-dealkylation sites (tertiary alicyclic amines) is 1. The van der Waals surface area contributed by atoms with Gasteiger partial charge in [-0.3, -0.25) is 9.59 Å². The number of hydrogen-bond donors (Lipinski definition) is 2. The minimum atomic E-state index is -0.700. The molecule has 2 saturated carbocycles. The van der Waals surface area contributed by atoms with Crippen molar-refractivity contribution in [1.82, 2.24) is 10.2 Å². The Bertz CT molecular complexity index is 734. The number of benzene rings is 1. The van der Waals surface area contributed by atoms with Crippen LogP contribution in [0.25, 0.3) is 0 Å². The third-order valence-electron chi connectivity index (χ3n) is 6.37. The number of nitrogens with zero attached hydrogens (tertiary/aromatic N) is 1. The van der Waals surface area contributed by atoms with E-state index in [9.17, 15) is 19.1 Å². The summed E-state index contributed by atoms with van der Waals surface area (Å²) in [5.74, 6) is 0.0830. The molecule has 140 valence electrons. The number of aliphatic hydroxyl groups is 1. The van der Waals surface area contributed by atoms with E-state index in [1.165, 1.54) is 13.0 Å². The highest BCUT2D eigenvalue weighted by Crippen LogP contribution is 2.51. The minimum absolute atomic E-state index is 0.0163. The van der Waals surface area contributed by atoms with Crippen molar-refractivity contribution in [2.75, 3.05) is 13.1 Å². The molecule has 5 nitrogen and oxygen atoms in total. The maximum atomic E-state index is 14.2. The van der Waals surface area contributed by atoms with Gasteiger partial charge in [0.25, 0.3) is 0 Å². The molecule has 0 unspecified atom stereocenters. The fraction of sp³-hybridized carbons (Fsp3) is 0.600. The van der Waals surface area contributed by atoms with Crippen LogP contribution in [0.3, 0.4) is 0 Å². The number of halogens is 1. The van der Waals surface area contributed by atoms with Gasteiger partial charge in [0.05, 0.1) is 17.6 Å². The highest BCUT2D eigenvalue weighted by molar-refractivity contribution is 5.91. The molecule has 2 amide bonds. The lowest BCUT2D eigenvalue weighted by Crippen LogP contribution is -2.48. The Morgan fingerprint density at radius 1 is 1.19 bits per heavy atom.